The zero-order valence-corrected chi connectivity index (χ0v) is 16.5. The van der Waals surface area contributed by atoms with Crippen LogP contribution >= 0.6 is 0 Å². The van der Waals surface area contributed by atoms with Crippen molar-refractivity contribution in [1.29, 1.82) is 0 Å². The smallest absolute Gasteiger partial charge is 0.282 e. The molecule has 0 spiro atoms. The third kappa shape index (κ3) is 3.77. The number of nitrogens with zero attached hydrogens (tertiary/aromatic N) is 3. The summed E-state index contributed by atoms with van der Waals surface area (Å²) in [6.45, 7) is 2.95. The van der Waals surface area contributed by atoms with Gasteiger partial charge in [0, 0.05) is 43.9 Å². The number of carbonyl (C=O) groups excluding carboxylic acids is 1. The summed E-state index contributed by atoms with van der Waals surface area (Å²) in [4.78, 5) is 27.8. The lowest BCUT2D eigenvalue weighted by molar-refractivity contribution is -0.385. The number of hydrogen-bond acceptors (Lipinski definition) is 5. The molecule has 2 saturated heterocycles. The number of ether oxygens (including phenoxy) is 1. The van der Waals surface area contributed by atoms with Gasteiger partial charge in [0.25, 0.3) is 11.6 Å². The molecule has 0 N–H and O–H groups in total. The van der Waals surface area contributed by atoms with Gasteiger partial charge in [0.1, 0.15) is 11.3 Å². The van der Waals surface area contributed by atoms with Crippen LogP contribution in [0.3, 0.4) is 0 Å². The van der Waals surface area contributed by atoms with Crippen LogP contribution in [0.1, 0.15) is 41.1 Å². The summed E-state index contributed by atoms with van der Waals surface area (Å²) in [5, 5.41) is 11.5. The van der Waals surface area contributed by atoms with Gasteiger partial charge in [0.15, 0.2) is 0 Å². The Hall–Kier alpha value is -3.09. The Balaban J connectivity index is 1.60. The van der Waals surface area contributed by atoms with Gasteiger partial charge in [-0.25, -0.2) is 0 Å². The van der Waals surface area contributed by atoms with Crippen molar-refractivity contribution in [2.75, 3.05) is 38.2 Å². The number of benzene rings is 2. The van der Waals surface area contributed by atoms with E-state index >= 15 is 0 Å². The second kappa shape index (κ2) is 8.11. The van der Waals surface area contributed by atoms with Gasteiger partial charge in [-0.3, -0.25) is 14.9 Å². The van der Waals surface area contributed by atoms with Crippen LogP contribution in [0.5, 0.6) is 5.75 Å². The van der Waals surface area contributed by atoms with Crippen LogP contribution in [-0.2, 0) is 0 Å². The first-order chi connectivity index (χ1) is 14.1. The van der Waals surface area contributed by atoms with Crippen molar-refractivity contribution < 1.29 is 14.5 Å². The molecule has 1 atom stereocenters. The van der Waals surface area contributed by atoms with E-state index in [9.17, 15) is 14.9 Å². The second-order valence-corrected chi connectivity index (χ2v) is 7.63. The van der Waals surface area contributed by atoms with E-state index in [-0.39, 0.29) is 17.2 Å². The molecular formula is C22H25N3O4. The van der Waals surface area contributed by atoms with E-state index in [1.807, 2.05) is 18.2 Å². The van der Waals surface area contributed by atoms with E-state index in [2.05, 4.69) is 11.0 Å². The molecule has 2 aliphatic rings. The molecule has 0 radical (unpaired) electrons. The molecular weight excluding hydrogens is 370 g/mol. The fraction of sp³-hybridized carbons (Fsp3) is 0.409. The molecule has 2 fully saturated rings. The van der Waals surface area contributed by atoms with E-state index in [0.29, 0.717) is 19.0 Å². The summed E-state index contributed by atoms with van der Waals surface area (Å²) >= 11 is 0. The first kappa shape index (κ1) is 19.2. The molecule has 7 heteroatoms. The highest BCUT2D eigenvalue weighted by Gasteiger charge is 2.30. The number of anilines is 1. The minimum atomic E-state index is -0.464. The Morgan fingerprint density at radius 3 is 2.62 bits per heavy atom. The lowest BCUT2D eigenvalue weighted by Crippen LogP contribution is -2.28. The number of carbonyl (C=O) groups is 1. The van der Waals surface area contributed by atoms with E-state index in [1.165, 1.54) is 11.6 Å². The highest BCUT2D eigenvalue weighted by Crippen LogP contribution is 2.36. The fourth-order valence-corrected chi connectivity index (χ4v) is 4.39. The topological polar surface area (TPSA) is 75.9 Å². The number of methoxy groups -OCH3 is 1. The minimum absolute atomic E-state index is 0.119. The first-order valence-corrected chi connectivity index (χ1v) is 10.0. The maximum absolute atomic E-state index is 12.9. The number of hydrogen-bond donors (Lipinski definition) is 0. The number of nitro benzene ring substituents is 1. The Bertz CT molecular complexity index is 924. The van der Waals surface area contributed by atoms with Gasteiger partial charge in [-0.1, -0.05) is 18.2 Å². The van der Waals surface area contributed by atoms with E-state index in [1.54, 1.807) is 24.1 Å². The molecule has 2 heterocycles. The van der Waals surface area contributed by atoms with E-state index < -0.39 is 4.92 Å². The predicted octanol–water partition coefficient (Wildman–Crippen LogP) is 3.83. The minimum Gasteiger partial charge on any atom is -0.496 e. The van der Waals surface area contributed by atoms with Gasteiger partial charge in [0.2, 0.25) is 0 Å². The van der Waals surface area contributed by atoms with Crippen LogP contribution in [-0.4, -0.2) is 49.0 Å². The van der Waals surface area contributed by atoms with Crippen molar-refractivity contribution in [2.24, 2.45) is 0 Å². The molecule has 1 amide bonds. The van der Waals surface area contributed by atoms with Crippen LogP contribution in [0.25, 0.3) is 0 Å². The molecule has 0 aliphatic carbocycles. The molecule has 152 valence electrons. The maximum Gasteiger partial charge on any atom is 0.282 e. The van der Waals surface area contributed by atoms with Crippen molar-refractivity contribution in [3.05, 3.63) is 63.7 Å². The zero-order chi connectivity index (χ0) is 20.4. The molecule has 7 nitrogen and oxygen atoms in total. The van der Waals surface area contributed by atoms with Crippen LogP contribution in [0.15, 0.2) is 42.5 Å². The highest BCUT2D eigenvalue weighted by molar-refractivity contribution is 5.99. The molecule has 2 aromatic rings. The average molecular weight is 395 g/mol. The Kier molecular flexibility index (Phi) is 5.38. The van der Waals surface area contributed by atoms with Gasteiger partial charge >= 0.3 is 0 Å². The summed E-state index contributed by atoms with van der Waals surface area (Å²) < 4.78 is 5.50. The maximum atomic E-state index is 12.9. The van der Waals surface area contributed by atoms with Gasteiger partial charge in [-0.05, 0) is 43.0 Å². The molecule has 2 aliphatic heterocycles. The van der Waals surface area contributed by atoms with Crippen molar-refractivity contribution in [1.82, 2.24) is 4.90 Å². The Morgan fingerprint density at radius 1 is 1.14 bits per heavy atom. The number of para-hydroxylation sites is 1. The number of rotatable bonds is 5. The predicted molar refractivity (Wildman–Crippen MR) is 111 cm³/mol. The fourth-order valence-electron chi connectivity index (χ4n) is 4.39. The van der Waals surface area contributed by atoms with Crippen molar-refractivity contribution in [3.8, 4) is 5.75 Å². The van der Waals surface area contributed by atoms with Gasteiger partial charge in [-0.2, -0.15) is 0 Å². The molecule has 0 aromatic heterocycles. The van der Waals surface area contributed by atoms with Crippen LogP contribution in [0.4, 0.5) is 11.4 Å². The second-order valence-electron chi connectivity index (χ2n) is 7.63. The third-order valence-corrected chi connectivity index (χ3v) is 5.93. The third-order valence-electron chi connectivity index (χ3n) is 5.93. The van der Waals surface area contributed by atoms with Crippen molar-refractivity contribution in [2.45, 2.75) is 25.2 Å². The van der Waals surface area contributed by atoms with Crippen molar-refractivity contribution in [3.63, 3.8) is 0 Å². The molecule has 1 unspecified atom stereocenters. The summed E-state index contributed by atoms with van der Waals surface area (Å²) in [5.74, 6) is 0.962. The Morgan fingerprint density at radius 2 is 1.90 bits per heavy atom. The lowest BCUT2D eigenvalue weighted by Gasteiger charge is -2.21. The average Bonchev–Trinajstić information content (AvgIpc) is 3.45. The molecule has 2 aromatic carbocycles. The summed E-state index contributed by atoms with van der Waals surface area (Å²) in [6.07, 6.45) is 2.87. The van der Waals surface area contributed by atoms with Crippen LogP contribution in [0.2, 0.25) is 0 Å². The Labute approximate surface area is 170 Å². The molecule has 4 rings (SSSR count). The standard InChI is InChI=1S/C22H25N3O4/c1-29-21-7-3-2-6-18(21)16-10-13-24(15-16)17-8-9-20(25(27)28)19(14-17)22(26)23-11-4-5-12-23/h2-3,6-9,14,16H,4-5,10-13,15H2,1H3. The SMILES string of the molecule is COc1ccccc1C1CCN(c2ccc([N+](=O)[O-])c(C(=O)N3CCCC3)c2)C1. The van der Waals surface area contributed by atoms with Crippen LogP contribution < -0.4 is 9.64 Å². The summed E-state index contributed by atoms with van der Waals surface area (Å²) in [7, 11) is 1.68. The van der Waals surface area contributed by atoms with E-state index in [4.69, 9.17) is 4.74 Å². The summed E-state index contributed by atoms with van der Waals surface area (Å²) in [5.41, 5.74) is 2.10. The molecule has 0 bridgehead atoms. The number of nitro groups is 1. The molecule has 29 heavy (non-hydrogen) atoms. The lowest BCUT2D eigenvalue weighted by atomic mass is 9.97. The molecule has 0 saturated carbocycles. The quantitative estimate of drug-likeness (QED) is 0.568. The van der Waals surface area contributed by atoms with Gasteiger partial charge in [-0.15, -0.1) is 0 Å². The normalized spacial score (nSPS) is 18.9. The van der Waals surface area contributed by atoms with Crippen LogP contribution in [0, 0.1) is 10.1 Å². The summed E-state index contributed by atoms with van der Waals surface area (Å²) in [6, 6.07) is 12.9. The van der Waals surface area contributed by atoms with Gasteiger partial charge < -0.3 is 14.5 Å². The highest BCUT2D eigenvalue weighted by atomic mass is 16.6. The largest absolute Gasteiger partial charge is 0.496 e. The first-order valence-electron chi connectivity index (χ1n) is 10.0. The van der Waals surface area contributed by atoms with E-state index in [0.717, 1.165) is 43.8 Å². The number of likely N-dealkylation sites (tertiary alicyclic amines) is 1. The number of amides is 1. The van der Waals surface area contributed by atoms with Crippen molar-refractivity contribution >= 4 is 17.3 Å². The monoisotopic (exact) mass is 395 g/mol. The zero-order valence-electron chi connectivity index (χ0n) is 16.5. The van der Waals surface area contributed by atoms with Gasteiger partial charge in [0.05, 0.1) is 12.0 Å².